The molecule has 2 amide bonds. The van der Waals surface area contributed by atoms with Crippen LogP contribution >= 0.6 is 11.3 Å². The van der Waals surface area contributed by atoms with E-state index < -0.39 is 0 Å². The van der Waals surface area contributed by atoms with Crippen LogP contribution in [0.5, 0.6) is 5.75 Å². The second kappa shape index (κ2) is 9.16. The molecule has 1 N–H and O–H groups in total. The third-order valence-corrected chi connectivity index (χ3v) is 6.94. The first-order chi connectivity index (χ1) is 14.2. The lowest BCUT2D eigenvalue weighted by Gasteiger charge is -2.32. The van der Waals surface area contributed by atoms with Crippen LogP contribution in [0.25, 0.3) is 0 Å². The number of nitrogens with zero attached hydrogens (tertiary/aromatic N) is 2. The second-order valence-corrected chi connectivity index (χ2v) is 9.80. The first-order valence-electron chi connectivity index (χ1n) is 10.4. The number of amides is 2. The molecule has 0 atom stereocenters. The Morgan fingerprint density at radius 2 is 1.90 bits per heavy atom. The second-order valence-electron chi connectivity index (χ2n) is 8.80. The minimum Gasteiger partial charge on any atom is -0.496 e. The molecule has 1 aliphatic heterocycles. The van der Waals surface area contributed by atoms with Crippen LogP contribution in [-0.2, 0) is 16.6 Å². The average molecular weight is 430 g/mol. The number of thiazole rings is 1. The van der Waals surface area contributed by atoms with Crippen molar-refractivity contribution in [3.8, 4) is 5.75 Å². The highest BCUT2D eigenvalue weighted by atomic mass is 32.1. The molecule has 0 unspecified atom stereocenters. The molecule has 1 saturated heterocycles. The standard InChI is InChI=1S/C23H31N3O3S/c1-15-20(30-22(24-15)23(2,3)4)21(28)25-17-10-12-26(13-11-17)19(27)14-16-8-6-7-9-18(16)29-5/h6-9,17H,10-14H2,1-5H3,(H,25,28). The number of hydrogen-bond donors (Lipinski definition) is 1. The molecule has 3 rings (SSSR count). The maximum absolute atomic E-state index is 12.8. The number of aryl methyl sites for hydroxylation is 1. The van der Waals surface area contributed by atoms with E-state index in [0.717, 1.165) is 34.9 Å². The number of carbonyl (C=O) groups is 2. The van der Waals surface area contributed by atoms with Gasteiger partial charge in [0.1, 0.15) is 10.6 Å². The zero-order valence-corrected chi connectivity index (χ0v) is 19.3. The summed E-state index contributed by atoms with van der Waals surface area (Å²) in [7, 11) is 1.62. The molecule has 1 aliphatic rings. The van der Waals surface area contributed by atoms with Crippen molar-refractivity contribution in [1.82, 2.24) is 15.2 Å². The monoisotopic (exact) mass is 429 g/mol. The molecule has 0 saturated carbocycles. The number of aromatic nitrogens is 1. The van der Waals surface area contributed by atoms with E-state index in [1.807, 2.05) is 36.1 Å². The minimum atomic E-state index is -0.0684. The highest BCUT2D eigenvalue weighted by molar-refractivity contribution is 7.14. The summed E-state index contributed by atoms with van der Waals surface area (Å²) in [6.07, 6.45) is 1.84. The molecule has 7 heteroatoms. The summed E-state index contributed by atoms with van der Waals surface area (Å²) in [5.74, 6) is 0.777. The normalized spacial score (nSPS) is 15.2. The van der Waals surface area contributed by atoms with E-state index >= 15 is 0 Å². The van der Waals surface area contributed by atoms with E-state index in [-0.39, 0.29) is 23.3 Å². The Labute approximate surface area is 182 Å². The number of benzene rings is 1. The van der Waals surface area contributed by atoms with Crippen molar-refractivity contribution in [2.75, 3.05) is 20.2 Å². The van der Waals surface area contributed by atoms with Gasteiger partial charge < -0.3 is 15.0 Å². The van der Waals surface area contributed by atoms with E-state index in [9.17, 15) is 9.59 Å². The number of methoxy groups -OCH3 is 1. The molecule has 1 aromatic carbocycles. The molecule has 0 radical (unpaired) electrons. The van der Waals surface area contributed by atoms with Crippen LogP contribution in [0.1, 0.15) is 59.5 Å². The summed E-state index contributed by atoms with van der Waals surface area (Å²) in [5, 5.41) is 4.12. The summed E-state index contributed by atoms with van der Waals surface area (Å²) < 4.78 is 5.35. The van der Waals surface area contributed by atoms with Crippen LogP contribution in [0, 0.1) is 6.92 Å². The zero-order chi connectivity index (χ0) is 21.9. The lowest BCUT2D eigenvalue weighted by atomic mass is 9.98. The largest absolute Gasteiger partial charge is 0.496 e. The topological polar surface area (TPSA) is 71.5 Å². The number of piperidine rings is 1. The smallest absolute Gasteiger partial charge is 0.263 e. The van der Waals surface area contributed by atoms with Gasteiger partial charge in [-0.05, 0) is 25.8 Å². The van der Waals surface area contributed by atoms with Gasteiger partial charge in [0.05, 0.1) is 24.2 Å². The third kappa shape index (κ3) is 5.19. The maximum atomic E-state index is 12.8. The average Bonchev–Trinajstić information content (AvgIpc) is 3.11. The fraction of sp³-hybridized carbons (Fsp3) is 0.522. The van der Waals surface area contributed by atoms with Crippen LogP contribution in [0.4, 0.5) is 0 Å². The van der Waals surface area contributed by atoms with Gasteiger partial charge >= 0.3 is 0 Å². The predicted octanol–water partition coefficient (Wildman–Crippen LogP) is 3.72. The van der Waals surface area contributed by atoms with Crippen LogP contribution in [0.2, 0.25) is 0 Å². The van der Waals surface area contributed by atoms with Crippen molar-refractivity contribution >= 4 is 23.2 Å². The number of nitrogens with one attached hydrogen (secondary N) is 1. The summed E-state index contributed by atoms with van der Waals surface area (Å²) in [4.78, 5) is 32.6. The van der Waals surface area contributed by atoms with E-state index in [4.69, 9.17) is 4.74 Å². The van der Waals surface area contributed by atoms with Crippen LogP contribution in [0.3, 0.4) is 0 Å². The van der Waals surface area contributed by atoms with Crippen LogP contribution < -0.4 is 10.1 Å². The molecule has 6 nitrogen and oxygen atoms in total. The van der Waals surface area contributed by atoms with Gasteiger partial charge in [-0.1, -0.05) is 39.0 Å². The Kier molecular flexibility index (Phi) is 6.81. The molecule has 1 aromatic heterocycles. The van der Waals surface area contributed by atoms with Gasteiger partial charge in [0.2, 0.25) is 5.91 Å². The van der Waals surface area contributed by atoms with Gasteiger partial charge in [0.15, 0.2) is 0 Å². The SMILES string of the molecule is COc1ccccc1CC(=O)N1CCC(NC(=O)c2sc(C(C)(C)C)nc2C)CC1. The summed E-state index contributed by atoms with van der Waals surface area (Å²) >= 11 is 1.47. The van der Waals surface area contributed by atoms with Crippen molar-refractivity contribution in [1.29, 1.82) is 0 Å². The highest BCUT2D eigenvalue weighted by Gasteiger charge is 2.27. The van der Waals surface area contributed by atoms with Gasteiger partial charge in [0.25, 0.3) is 5.91 Å². The lowest BCUT2D eigenvalue weighted by molar-refractivity contribution is -0.131. The van der Waals surface area contributed by atoms with Gasteiger partial charge in [-0.2, -0.15) is 0 Å². The van der Waals surface area contributed by atoms with Crippen molar-refractivity contribution in [3.63, 3.8) is 0 Å². The van der Waals surface area contributed by atoms with E-state index in [0.29, 0.717) is 24.4 Å². The lowest BCUT2D eigenvalue weighted by Crippen LogP contribution is -2.47. The van der Waals surface area contributed by atoms with Crippen LogP contribution in [-0.4, -0.2) is 47.9 Å². The van der Waals surface area contributed by atoms with Crippen molar-refractivity contribution in [2.45, 2.75) is 58.4 Å². The molecule has 30 heavy (non-hydrogen) atoms. The van der Waals surface area contributed by atoms with Gasteiger partial charge in [0, 0.05) is 30.1 Å². The van der Waals surface area contributed by atoms with E-state index in [2.05, 4.69) is 31.1 Å². The molecule has 2 heterocycles. The number of carbonyl (C=O) groups excluding carboxylic acids is 2. The Hall–Kier alpha value is -2.41. The molecule has 2 aromatic rings. The summed E-state index contributed by atoms with van der Waals surface area (Å²) in [6.45, 7) is 9.49. The molecule has 0 aliphatic carbocycles. The number of ether oxygens (including phenoxy) is 1. The van der Waals surface area contributed by atoms with Gasteiger partial charge in [-0.25, -0.2) is 4.98 Å². The Morgan fingerprint density at radius 3 is 2.50 bits per heavy atom. The Balaban J connectivity index is 1.54. The Bertz CT molecular complexity index is 909. The molecule has 0 bridgehead atoms. The molecular formula is C23H31N3O3S. The van der Waals surface area contributed by atoms with Crippen LogP contribution in [0.15, 0.2) is 24.3 Å². The first kappa shape index (κ1) is 22.3. The van der Waals surface area contributed by atoms with Crippen molar-refractivity contribution in [3.05, 3.63) is 45.4 Å². The zero-order valence-electron chi connectivity index (χ0n) is 18.4. The summed E-state index contributed by atoms with van der Waals surface area (Å²) in [5.41, 5.74) is 1.61. The number of para-hydroxylation sites is 1. The first-order valence-corrected chi connectivity index (χ1v) is 11.2. The fourth-order valence-corrected chi connectivity index (χ4v) is 4.60. The third-order valence-electron chi connectivity index (χ3n) is 5.36. The fourth-order valence-electron chi connectivity index (χ4n) is 3.58. The molecule has 1 fully saturated rings. The van der Waals surface area contributed by atoms with Gasteiger partial charge in [-0.15, -0.1) is 11.3 Å². The van der Waals surface area contributed by atoms with Crippen molar-refractivity contribution < 1.29 is 14.3 Å². The quantitative estimate of drug-likeness (QED) is 0.786. The number of likely N-dealkylation sites (tertiary alicyclic amines) is 1. The summed E-state index contributed by atoms with van der Waals surface area (Å²) in [6, 6.07) is 7.69. The number of hydrogen-bond acceptors (Lipinski definition) is 5. The molecule has 162 valence electrons. The highest BCUT2D eigenvalue weighted by Crippen LogP contribution is 2.29. The minimum absolute atomic E-state index is 0.0562. The Morgan fingerprint density at radius 1 is 1.23 bits per heavy atom. The van der Waals surface area contributed by atoms with E-state index in [1.54, 1.807) is 7.11 Å². The molecule has 0 spiro atoms. The van der Waals surface area contributed by atoms with Crippen molar-refractivity contribution in [2.24, 2.45) is 0 Å². The maximum Gasteiger partial charge on any atom is 0.263 e. The number of rotatable bonds is 5. The van der Waals surface area contributed by atoms with E-state index in [1.165, 1.54) is 11.3 Å². The van der Waals surface area contributed by atoms with Gasteiger partial charge in [-0.3, -0.25) is 9.59 Å². The molecular weight excluding hydrogens is 398 g/mol. The predicted molar refractivity (Wildman–Crippen MR) is 119 cm³/mol.